The number of thiophene rings is 1. The molecule has 3 unspecified atom stereocenters. The molecule has 1 aromatic heterocycles. The van der Waals surface area contributed by atoms with Crippen molar-refractivity contribution < 1.29 is 9.90 Å². The Labute approximate surface area is 129 Å². The van der Waals surface area contributed by atoms with Gasteiger partial charge in [-0.2, -0.15) is 11.8 Å². The summed E-state index contributed by atoms with van der Waals surface area (Å²) in [5.41, 5.74) is 2.10. The molecule has 0 spiro atoms. The van der Waals surface area contributed by atoms with Crippen molar-refractivity contribution in [2.24, 2.45) is 5.92 Å². The molecule has 1 aliphatic carbocycles. The van der Waals surface area contributed by atoms with Crippen LogP contribution in [-0.4, -0.2) is 35.2 Å². The van der Waals surface area contributed by atoms with Crippen LogP contribution in [0.1, 0.15) is 41.1 Å². The predicted octanol–water partition coefficient (Wildman–Crippen LogP) is 2.72. The smallest absolute Gasteiger partial charge is 0.252 e. The number of nitrogens with one attached hydrogen (secondary N) is 1. The second-order valence-electron chi connectivity index (χ2n) is 5.62. The van der Waals surface area contributed by atoms with Crippen LogP contribution in [-0.2, 0) is 12.8 Å². The molecule has 5 heteroatoms. The standard InChI is InChI=1S/C15H23NO2S2/c1-9-4-5-11-12(8-20-13(11)6-9)15(18)16-10(2)14(7-17)19-3/h8-10,14,17H,4-7H2,1-3H3,(H,16,18). The number of thioether (sulfide) groups is 1. The van der Waals surface area contributed by atoms with E-state index in [2.05, 4.69) is 12.2 Å². The van der Waals surface area contributed by atoms with Crippen LogP contribution >= 0.6 is 23.1 Å². The van der Waals surface area contributed by atoms with Gasteiger partial charge in [0, 0.05) is 21.5 Å². The lowest BCUT2D eigenvalue weighted by Crippen LogP contribution is -2.41. The van der Waals surface area contributed by atoms with Crippen LogP contribution in [0.4, 0.5) is 0 Å². The van der Waals surface area contributed by atoms with E-state index in [0.717, 1.165) is 24.3 Å². The van der Waals surface area contributed by atoms with Crippen LogP contribution in [0.25, 0.3) is 0 Å². The minimum absolute atomic E-state index is 0.0112. The zero-order valence-electron chi connectivity index (χ0n) is 12.3. The van der Waals surface area contributed by atoms with E-state index in [1.165, 1.54) is 16.9 Å². The monoisotopic (exact) mass is 313 g/mol. The third kappa shape index (κ3) is 3.38. The van der Waals surface area contributed by atoms with Crippen molar-refractivity contribution in [3.8, 4) is 0 Å². The zero-order valence-corrected chi connectivity index (χ0v) is 13.9. The molecule has 0 aliphatic heterocycles. The molecule has 0 bridgehead atoms. The number of hydrogen-bond acceptors (Lipinski definition) is 4. The molecule has 1 aliphatic rings. The summed E-state index contributed by atoms with van der Waals surface area (Å²) in [6.45, 7) is 4.31. The van der Waals surface area contributed by atoms with Crippen molar-refractivity contribution in [2.45, 2.75) is 44.4 Å². The Balaban J connectivity index is 2.07. The summed E-state index contributed by atoms with van der Waals surface area (Å²) >= 11 is 3.30. The van der Waals surface area contributed by atoms with Gasteiger partial charge >= 0.3 is 0 Å². The minimum atomic E-state index is -0.0273. The Morgan fingerprint density at radius 3 is 3.05 bits per heavy atom. The molecule has 2 N–H and O–H groups in total. The van der Waals surface area contributed by atoms with Crippen LogP contribution in [0.5, 0.6) is 0 Å². The normalized spacial score (nSPS) is 21.1. The Morgan fingerprint density at radius 1 is 1.65 bits per heavy atom. The Bertz CT molecular complexity index is 468. The maximum Gasteiger partial charge on any atom is 0.252 e. The highest BCUT2D eigenvalue weighted by molar-refractivity contribution is 7.99. The molecule has 20 heavy (non-hydrogen) atoms. The Morgan fingerprint density at radius 2 is 2.40 bits per heavy atom. The van der Waals surface area contributed by atoms with E-state index < -0.39 is 0 Å². The SMILES string of the molecule is CSC(CO)C(C)NC(=O)c1csc2c1CCC(C)C2. The van der Waals surface area contributed by atoms with Gasteiger partial charge in [-0.25, -0.2) is 0 Å². The summed E-state index contributed by atoms with van der Waals surface area (Å²) in [4.78, 5) is 13.8. The Hall–Kier alpha value is -0.520. The van der Waals surface area contributed by atoms with Gasteiger partial charge in [0.15, 0.2) is 0 Å². The van der Waals surface area contributed by atoms with Crippen LogP contribution in [0.15, 0.2) is 5.38 Å². The zero-order chi connectivity index (χ0) is 14.7. The molecule has 0 fully saturated rings. The van der Waals surface area contributed by atoms with Gasteiger partial charge in [0.1, 0.15) is 0 Å². The number of aliphatic hydroxyl groups is 1. The van der Waals surface area contributed by atoms with Gasteiger partial charge in [0.05, 0.1) is 12.2 Å². The molecule has 0 radical (unpaired) electrons. The van der Waals surface area contributed by atoms with Crippen molar-refractivity contribution in [3.05, 3.63) is 21.4 Å². The van der Waals surface area contributed by atoms with Gasteiger partial charge in [-0.05, 0) is 43.9 Å². The molecule has 1 amide bonds. The third-order valence-corrected chi connectivity index (χ3v) is 6.26. The lowest BCUT2D eigenvalue weighted by Gasteiger charge is -2.22. The van der Waals surface area contributed by atoms with Crippen molar-refractivity contribution in [1.29, 1.82) is 0 Å². The highest BCUT2D eigenvalue weighted by Gasteiger charge is 2.25. The minimum Gasteiger partial charge on any atom is -0.395 e. The number of amides is 1. The van der Waals surface area contributed by atoms with Crippen molar-refractivity contribution in [3.63, 3.8) is 0 Å². The van der Waals surface area contributed by atoms with Gasteiger partial charge in [0.2, 0.25) is 0 Å². The second kappa shape index (κ2) is 6.96. The topological polar surface area (TPSA) is 49.3 Å². The quantitative estimate of drug-likeness (QED) is 0.879. The highest BCUT2D eigenvalue weighted by Crippen LogP contribution is 2.32. The fourth-order valence-corrected chi connectivity index (χ4v) is 4.55. The van der Waals surface area contributed by atoms with Crippen molar-refractivity contribution in [2.75, 3.05) is 12.9 Å². The second-order valence-corrected chi connectivity index (χ2v) is 7.66. The first-order valence-electron chi connectivity index (χ1n) is 7.10. The van der Waals surface area contributed by atoms with Gasteiger partial charge in [-0.15, -0.1) is 11.3 Å². The highest BCUT2D eigenvalue weighted by atomic mass is 32.2. The first-order chi connectivity index (χ1) is 9.56. The summed E-state index contributed by atoms with van der Waals surface area (Å²) in [6.07, 6.45) is 5.25. The van der Waals surface area contributed by atoms with Gasteiger partial charge < -0.3 is 10.4 Å². The predicted molar refractivity (Wildman–Crippen MR) is 86.8 cm³/mol. The van der Waals surface area contributed by atoms with Crippen molar-refractivity contribution in [1.82, 2.24) is 5.32 Å². The molecule has 0 aromatic carbocycles. The van der Waals surface area contributed by atoms with Crippen LogP contribution in [0.3, 0.4) is 0 Å². The molecular formula is C15H23NO2S2. The largest absolute Gasteiger partial charge is 0.395 e. The first-order valence-corrected chi connectivity index (χ1v) is 9.27. The average molecular weight is 313 g/mol. The van der Waals surface area contributed by atoms with E-state index in [1.807, 2.05) is 18.6 Å². The average Bonchev–Trinajstić information content (AvgIpc) is 2.82. The molecule has 1 heterocycles. The number of fused-ring (bicyclic) bond motifs is 1. The number of hydrogen-bond donors (Lipinski definition) is 2. The summed E-state index contributed by atoms with van der Waals surface area (Å²) in [6, 6.07) is -0.0273. The van der Waals surface area contributed by atoms with E-state index in [1.54, 1.807) is 23.1 Å². The summed E-state index contributed by atoms with van der Waals surface area (Å²) in [7, 11) is 0. The molecule has 1 aromatic rings. The van der Waals surface area contributed by atoms with Gasteiger partial charge in [-0.1, -0.05) is 6.92 Å². The van der Waals surface area contributed by atoms with E-state index >= 15 is 0 Å². The first kappa shape index (κ1) is 15.9. The van der Waals surface area contributed by atoms with Crippen LogP contribution < -0.4 is 5.32 Å². The molecule has 0 saturated heterocycles. The maximum absolute atomic E-state index is 12.4. The van der Waals surface area contributed by atoms with E-state index in [4.69, 9.17) is 0 Å². The van der Waals surface area contributed by atoms with Crippen LogP contribution in [0, 0.1) is 5.92 Å². The Kier molecular flexibility index (Phi) is 5.52. The van der Waals surface area contributed by atoms with E-state index in [-0.39, 0.29) is 23.8 Å². The third-order valence-electron chi connectivity index (χ3n) is 4.05. The van der Waals surface area contributed by atoms with Gasteiger partial charge in [0.25, 0.3) is 5.91 Å². The number of carbonyl (C=O) groups excluding carboxylic acids is 1. The molecule has 2 rings (SSSR count). The summed E-state index contributed by atoms with van der Waals surface area (Å²) in [5.74, 6) is 0.739. The number of aliphatic hydroxyl groups excluding tert-OH is 1. The molecule has 0 saturated carbocycles. The molecular weight excluding hydrogens is 290 g/mol. The lowest BCUT2D eigenvalue weighted by atomic mass is 9.88. The van der Waals surface area contributed by atoms with E-state index in [9.17, 15) is 9.90 Å². The van der Waals surface area contributed by atoms with E-state index in [0.29, 0.717) is 0 Å². The van der Waals surface area contributed by atoms with Gasteiger partial charge in [-0.3, -0.25) is 4.79 Å². The number of rotatable bonds is 5. The molecule has 3 nitrogen and oxygen atoms in total. The fourth-order valence-electron chi connectivity index (χ4n) is 2.68. The lowest BCUT2D eigenvalue weighted by molar-refractivity contribution is 0.0935. The summed E-state index contributed by atoms with van der Waals surface area (Å²) in [5, 5.41) is 14.4. The van der Waals surface area contributed by atoms with Crippen molar-refractivity contribution >= 4 is 29.0 Å². The molecule has 3 atom stereocenters. The molecule has 112 valence electrons. The number of carbonyl (C=O) groups is 1. The van der Waals surface area contributed by atoms with Crippen LogP contribution in [0.2, 0.25) is 0 Å². The fraction of sp³-hybridized carbons (Fsp3) is 0.667. The summed E-state index contributed by atoms with van der Waals surface area (Å²) < 4.78 is 0. The maximum atomic E-state index is 12.4.